The Morgan fingerprint density at radius 2 is 1.90 bits per heavy atom. The van der Waals surface area contributed by atoms with E-state index in [0.29, 0.717) is 11.3 Å². The summed E-state index contributed by atoms with van der Waals surface area (Å²) in [6, 6.07) is 11.9. The molecule has 0 saturated heterocycles. The van der Waals surface area contributed by atoms with Crippen LogP contribution in [-0.4, -0.2) is 17.0 Å². The monoisotopic (exact) mass is 285 g/mol. The van der Waals surface area contributed by atoms with Crippen LogP contribution < -0.4 is 5.32 Å². The molecule has 108 valence electrons. The maximum absolute atomic E-state index is 11.9. The molecule has 0 fully saturated rings. The molecule has 0 radical (unpaired) electrons. The third kappa shape index (κ3) is 3.39. The maximum atomic E-state index is 11.9. The van der Waals surface area contributed by atoms with Crippen LogP contribution in [0.15, 0.2) is 59.2 Å². The molecule has 2 N–H and O–H groups in total. The van der Waals surface area contributed by atoms with E-state index in [1.54, 1.807) is 42.5 Å². The number of carbonyl (C=O) groups is 2. The van der Waals surface area contributed by atoms with Crippen LogP contribution in [0.3, 0.4) is 0 Å². The number of furan rings is 1. The molecule has 1 aromatic heterocycles. The molecular formula is C16H15NO4. The van der Waals surface area contributed by atoms with Crippen LogP contribution in [0.4, 0.5) is 0 Å². The van der Waals surface area contributed by atoms with E-state index in [1.807, 2.05) is 0 Å². The van der Waals surface area contributed by atoms with Gasteiger partial charge in [0.25, 0.3) is 0 Å². The Labute approximate surface area is 121 Å². The molecule has 2 rings (SSSR count). The van der Waals surface area contributed by atoms with Gasteiger partial charge in [0.05, 0.1) is 6.26 Å². The zero-order valence-corrected chi connectivity index (χ0v) is 11.4. The van der Waals surface area contributed by atoms with E-state index in [0.717, 1.165) is 0 Å². The van der Waals surface area contributed by atoms with Gasteiger partial charge in [-0.05, 0) is 30.7 Å². The molecule has 5 heteroatoms. The van der Waals surface area contributed by atoms with Crippen LogP contribution in [0.1, 0.15) is 18.2 Å². The molecule has 0 aliphatic heterocycles. The van der Waals surface area contributed by atoms with E-state index in [4.69, 9.17) is 4.42 Å². The summed E-state index contributed by atoms with van der Waals surface area (Å²) in [6.45, 7) is 1.45. The highest BCUT2D eigenvalue weighted by Crippen LogP contribution is 2.21. The summed E-state index contributed by atoms with van der Waals surface area (Å²) < 4.78 is 5.06. The number of rotatable bonds is 5. The first-order chi connectivity index (χ1) is 10.0. The van der Waals surface area contributed by atoms with Crippen molar-refractivity contribution in [3.8, 4) is 0 Å². The van der Waals surface area contributed by atoms with Gasteiger partial charge in [-0.15, -0.1) is 0 Å². The minimum Gasteiger partial charge on any atom is -0.479 e. The Morgan fingerprint density at radius 3 is 2.48 bits per heavy atom. The number of hydrogen-bond donors (Lipinski definition) is 2. The Bertz CT molecular complexity index is 646. The van der Waals surface area contributed by atoms with Crippen LogP contribution in [0.25, 0.3) is 6.08 Å². The molecule has 21 heavy (non-hydrogen) atoms. The number of hydrogen-bond acceptors (Lipinski definition) is 3. The lowest BCUT2D eigenvalue weighted by Crippen LogP contribution is -2.49. The van der Waals surface area contributed by atoms with E-state index in [2.05, 4.69) is 5.32 Å². The second kappa shape index (κ2) is 6.09. The molecule has 1 unspecified atom stereocenters. The molecule has 0 spiro atoms. The average Bonchev–Trinajstić information content (AvgIpc) is 2.99. The van der Waals surface area contributed by atoms with Crippen LogP contribution in [0.5, 0.6) is 0 Å². The number of aliphatic carboxylic acids is 1. The van der Waals surface area contributed by atoms with Crippen molar-refractivity contribution >= 4 is 18.0 Å². The lowest BCUT2D eigenvalue weighted by Gasteiger charge is -2.26. The molecule has 0 bridgehead atoms. The van der Waals surface area contributed by atoms with Crippen molar-refractivity contribution in [2.24, 2.45) is 0 Å². The van der Waals surface area contributed by atoms with Crippen LogP contribution in [-0.2, 0) is 15.1 Å². The average molecular weight is 285 g/mol. The Hall–Kier alpha value is -2.82. The largest absolute Gasteiger partial charge is 0.479 e. The summed E-state index contributed by atoms with van der Waals surface area (Å²) >= 11 is 0. The lowest BCUT2D eigenvalue weighted by molar-refractivity contribution is -0.146. The highest BCUT2D eigenvalue weighted by Gasteiger charge is 2.36. The fourth-order valence-electron chi connectivity index (χ4n) is 1.85. The first kappa shape index (κ1) is 14.6. The molecular weight excluding hydrogens is 270 g/mol. The van der Waals surface area contributed by atoms with Gasteiger partial charge in [0, 0.05) is 6.08 Å². The van der Waals surface area contributed by atoms with Gasteiger partial charge in [0.15, 0.2) is 5.54 Å². The van der Waals surface area contributed by atoms with E-state index < -0.39 is 17.4 Å². The smallest absolute Gasteiger partial charge is 0.333 e. The molecule has 0 aliphatic rings. The fourth-order valence-corrected chi connectivity index (χ4v) is 1.85. The number of carbonyl (C=O) groups excluding carboxylic acids is 1. The van der Waals surface area contributed by atoms with Crippen molar-refractivity contribution in [3.63, 3.8) is 0 Å². The van der Waals surface area contributed by atoms with Gasteiger partial charge in [-0.1, -0.05) is 30.3 Å². The molecule has 1 amide bonds. The van der Waals surface area contributed by atoms with Gasteiger partial charge in [0.1, 0.15) is 5.76 Å². The van der Waals surface area contributed by atoms with Gasteiger partial charge in [0.2, 0.25) is 5.91 Å². The summed E-state index contributed by atoms with van der Waals surface area (Å²) in [7, 11) is 0. The fraction of sp³-hybridized carbons (Fsp3) is 0.125. The quantitative estimate of drug-likeness (QED) is 0.827. The minimum atomic E-state index is -1.49. The molecule has 2 aromatic rings. The minimum absolute atomic E-state index is 0.497. The summed E-state index contributed by atoms with van der Waals surface area (Å²) in [6.07, 6.45) is 4.20. The molecule has 1 atom stereocenters. The zero-order valence-electron chi connectivity index (χ0n) is 11.4. The molecule has 1 aromatic carbocycles. The number of carboxylic acids is 1. The predicted octanol–water partition coefficient (Wildman–Crippen LogP) is 2.41. The summed E-state index contributed by atoms with van der Waals surface area (Å²) in [5, 5.41) is 11.9. The number of nitrogens with one attached hydrogen (secondary N) is 1. The zero-order chi connectivity index (χ0) is 15.3. The first-order valence-electron chi connectivity index (χ1n) is 6.35. The van der Waals surface area contributed by atoms with Gasteiger partial charge in [-0.25, -0.2) is 4.79 Å². The Morgan fingerprint density at radius 1 is 1.19 bits per heavy atom. The van der Waals surface area contributed by atoms with Crippen LogP contribution >= 0.6 is 0 Å². The van der Waals surface area contributed by atoms with E-state index in [9.17, 15) is 14.7 Å². The first-order valence-corrected chi connectivity index (χ1v) is 6.35. The third-order valence-corrected chi connectivity index (χ3v) is 3.09. The van der Waals surface area contributed by atoms with Crippen molar-refractivity contribution in [3.05, 3.63) is 66.1 Å². The van der Waals surface area contributed by atoms with Crippen molar-refractivity contribution in [2.75, 3.05) is 0 Å². The lowest BCUT2D eigenvalue weighted by atomic mass is 9.92. The SMILES string of the molecule is CC(NC(=O)C=Cc1ccco1)(C(=O)O)c1ccccc1. The molecule has 1 heterocycles. The van der Waals surface area contributed by atoms with Gasteiger partial charge < -0.3 is 14.8 Å². The number of benzene rings is 1. The topological polar surface area (TPSA) is 79.5 Å². The summed E-state index contributed by atoms with van der Waals surface area (Å²) in [4.78, 5) is 23.5. The van der Waals surface area contributed by atoms with E-state index >= 15 is 0 Å². The second-order valence-electron chi connectivity index (χ2n) is 4.63. The van der Waals surface area contributed by atoms with Crippen molar-refractivity contribution < 1.29 is 19.1 Å². The second-order valence-corrected chi connectivity index (χ2v) is 4.63. The van der Waals surface area contributed by atoms with Crippen LogP contribution in [0.2, 0.25) is 0 Å². The van der Waals surface area contributed by atoms with Gasteiger partial charge >= 0.3 is 5.97 Å². The molecule has 0 saturated carbocycles. The third-order valence-electron chi connectivity index (χ3n) is 3.09. The predicted molar refractivity (Wildman–Crippen MR) is 77.3 cm³/mol. The summed E-state index contributed by atoms with van der Waals surface area (Å²) in [5.74, 6) is -1.13. The highest BCUT2D eigenvalue weighted by molar-refractivity contribution is 5.95. The standard InChI is InChI=1S/C16H15NO4/c1-16(15(19)20,12-6-3-2-4-7-12)17-14(18)10-9-13-8-5-11-21-13/h2-11H,1H3,(H,17,18)(H,19,20). The molecule has 0 aliphatic carbocycles. The van der Waals surface area contributed by atoms with E-state index in [1.165, 1.54) is 25.3 Å². The van der Waals surface area contributed by atoms with Gasteiger partial charge in [-0.2, -0.15) is 0 Å². The van der Waals surface area contributed by atoms with Crippen molar-refractivity contribution in [2.45, 2.75) is 12.5 Å². The van der Waals surface area contributed by atoms with Crippen molar-refractivity contribution in [1.82, 2.24) is 5.32 Å². The van der Waals surface area contributed by atoms with Gasteiger partial charge in [-0.3, -0.25) is 4.79 Å². The van der Waals surface area contributed by atoms with Crippen molar-refractivity contribution in [1.29, 1.82) is 0 Å². The van der Waals surface area contributed by atoms with Crippen LogP contribution in [0, 0.1) is 0 Å². The highest BCUT2D eigenvalue weighted by atomic mass is 16.4. The number of carboxylic acid groups (broad SMARTS) is 1. The normalized spacial score (nSPS) is 13.8. The number of amides is 1. The molecule has 5 nitrogen and oxygen atoms in total. The Balaban J connectivity index is 2.17. The van der Waals surface area contributed by atoms with E-state index in [-0.39, 0.29) is 0 Å². The summed E-state index contributed by atoms with van der Waals surface area (Å²) in [5.41, 5.74) is -0.997. The Kier molecular flexibility index (Phi) is 4.23. The maximum Gasteiger partial charge on any atom is 0.333 e.